The van der Waals surface area contributed by atoms with Crippen LogP contribution in [0.3, 0.4) is 0 Å². The number of nitro groups is 2. The lowest BCUT2D eigenvalue weighted by molar-refractivity contribution is -0.385. The van der Waals surface area contributed by atoms with E-state index in [9.17, 15) is 39.4 Å². The van der Waals surface area contributed by atoms with Gasteiger partial charge in [-0.15, -0.1) is 10.2 Å². The zero-order valence-electron chi connectivity index (χ0n) is 47.5. The number of nitrogens with zero attached hydrogens (tertiary/aromatic N) is 12. The fourth-order valence-electron chi connectivity index (χ4n) is 6.39. The van der Waals surface area contributed by atoms with Gasteiger partial charge in [0.2, 0.25) is 11.2 Å². The fraction of sp³-hybridized carbons (Fsp3) is 0.423. The summed E-state index contributed by atoms with van der Waals surface area (Å²) >= 11 is 5.94. The number of carbonyl (C=O) groups excluding carboxylic acids is 4. The number of aromatic nitrogens is 8. The van der Waals surface area contributed by atoms with Crippen LogP contribution in [0.15, 0.2) is 60.9 Å². The van der Waals surface area contributed by atoms with Gasteiger partial charge in [0.15, 0.2) is 23.3 Å². The number of ether oxygens (including phenoxy) is 4. The van der Waals surface area contributed by atoms with Crippen LogP contribution in [0.4, 0.5) is 71.1 Å². The number of hydrogen-bond donors (Lipinski definition) is 2. The molecule has 0 bridgehead atoms. The number of rotatable bonds is 8. The van der Waals surface area contributed by atoms with Crippen molar-refractivity contribution in [3.63, 3.8) is 0 Å². The van der Waals surface area contributed by atoms with Crippen molar-refractivity contribution >= 4 is 87.9 Å². The molecule has 26 nitrogen and oxygen atoms in total. The Kier molecular flexibility index (Phi) is 19.6. The standard InChI is InChI=1S/C26H33N7O6.C19H26ClN5O4.C7H8N2O2/c1-15-10-11-18(33(36)37)13-19(15)28-22-27-14-16(2)21(29-22)31(23(34)38-25(4,5)6)20-12-17(3)32(30-20)24(35)39-26(7,8)9;1-11-10-21-15(20)22-14(11)24(16(26)28-18(3,4)5)13-9-12(2)25(23-13)17(27)29-19(6,7)8;1-5-2-3-6(9(10)11)4-7(5)8/h10-14H,1-9H3,(H,27,28,29);9-10H,1-8H3;2-4H,8H2,1H3. The number of benzene rings is 2. The lowest BCUT2D eigenvalue weighted by Crippen LogP contribution is -2.35. The van der Waals surface area contributed by atoms with Crippen molar-refractivity contribution < 1.29 is 48.0 Å². The predicted octanol–water partition coefficient (Wildman–Crippen LogP) is 12.4. The van der Waals surface area contributed by atoms with Crippen molar-refractivity contribution in [1.82, 2.24) is 39.5 Å². The van der Waals surface area contributed by atoms with Gasteiger partial charge in [0.05, 0.1) is 26.9 Å². The Morgan fingerprint density at radius 1 is 0.570 bits per heavy atom. The number of carbonyl (C=O) groups is 4. The number of nitrogens with one attached hydrogen (secondary N) is 1. The highest BCUT2D eigenvalue weighted by atomic mass is 35.5. The molecule has 6 rings (SSSR count). The molecule has 0 aliphatic carbocycles. The maximum atomic E-state index is 13.5. The molecule has 27 heteroatoms. The highest BCUT2D eigenvalue weighted by Gasteiger charge is 2.33. The number of nitrogen functional groups attached to an aromatic ring is 1. The molecular weight excluding hydrogens is 1050 g/mol. The van der Waals surface area contributed by atoms with E-state index < -0.39 is 56.6 Å². The van der Waals surface area contributed by atoms with Gasteiger partial charge in [0.25, 0.3) is 11.4 Å². The van der Waals surface area contributed by atoms with Crippen molar-refractivity contribution in [2.45, 2.75) is 147 Å². The molecule has 3 N–H and O–H groups in total. The molecule has 0 fully saturated rings. The molecule has 6 aromatic rings. The third kappa shape index (κ3) is 18.1. The summed E-state index contributed by atoms with van der Waals surface area (Å²) in [7, 11) is 0. The lowest BCUT2D eigenvalue weighted by atomic mass is 10.2. The number of aryl methyl sites for hydroxylation is 6. The van der Waals surface area contributed by atoms with Crippen LogP contribution in [0.2, 0.25) is 5.28 Å². The van der Waals surface area contributed by atoms with Crippen LogP contribution >= 0.6 is 11.6 Å². The van der Waals surface area contributed by atoms with Crippen molar-refractivity contribution in [1.29, 1.82) is 0 Å². The zero-order chi connectivity index (χ0) is 59.9. The second-order valence-corrected chi connectivity index (χ2v) is 22.1. The number of nitro benzene ring substituents is 2. The fourth-order valence-corrected chi connectivity index (χ4v) is 6.51. The lowest BCUT2D eigenvalue weighted by Gasteiger charge is -2.26. The average molecular weight is 1120 g/mol. The molecule has 0 aliphatic heterocycles. The largest absolute Gasteiger partial charge is 0.443 e. The highest BCUT2D eigenvalue weighted by molar-refractivity contribution is 6.28. The first-order chi connectivity index (χ1) is 36.2. The first kappa shape index (κ1) is 62.7. The van der Waals surface area contributed by atoms with E-state index in [1.165, 1.54) is 42.7 Å². The Morgan fingerprint density at radius 2 is 0.962 bits per heavy atom. The number of anilines is 7. The zero-order valence-corrected chi connectivity index (χ0v) is 48.3. The van der Waals surface area contributed by atoms with Gasteiger partial charge in [-0.05, 0) is 147 Å². The first-order valence-electron chi connectivity index (χ1n) is 24.3. The van der Waals surface area contributed by atoms with E-state index in [0.717, 1.165) is 30.3 Å². The second-order valence-electron chi connectivity index (χ2n) is 21.7. The number of amides is 2. The van der Waals surface area contributed by atoms with Crippen LogP contribution < -0.4 is 20.9 Å². The van der Waals surface area contributed by atoms with Crippen molar-refractivity contribution in [2.24, 2.45) is 0 Å². The molecule has 79 heavy (non-hydrogen) atoms. The minimum Gasteiger partial charge on any atom is -0.443 e. The predicted molar refractivity (Wildman–Crippen MR) is 296 cm³/mol. The number of nitrogens with two attached hydrogens (primary N) is 1. The first-order valence-corrected chi connectivity index (χ1v) is 24.6. The Balaban J connectivity index is 0.000000293. The van der Waals surface area contributed by atoms with E-state index in [1.807, 2.05) is 0 Å². The smallest absolute Gasteiger partial charge is 0.435 e. The van der Waals surface area contributed by atoms with Gasteiger partial charge in [0, 0.05) is 65.6 Å². The van der Waals surface area contributed by atoms with Crippen LogP contribution in [-0.4, -0.2) is 96.1 Å². The average Bonchev–Trinajstić information content (AvgIpc) is 3.88. The van der Waals surface area contributed by atoms with E-state index in [1.54, 1.807) is 143 Å². The SMILES string of the molecule is Cc1ccc([N+](=O)[O-])cc1N.Cc1ccc([N+](=O)[O-])cc1Nc1ncc(C)c(N(C(=O)OC(C)(C)C)c2cc(C)n(C(=O)OC(C)(C)C)n2)n1.Cc1cnc(Cl)nc1N(C(=O)OC(C)(C)C)c1cc(C)n(C(=O)OC(C)(C)C)n1. The molecule has 0 radical (unpaired) electrons. The molecular formula is C52H67ClN14O12. The van der Waals surface area contributed by atoms with Gasteiger partial charge in [-0.3, -0.25) is 20.2 Å². The van der Waals surface area contributed by atoms with Gasteiger partial charge >= 0.3 is 24.4 Å². The number of hydrogen-bond acceptors (Lipinski definition) is 20. The second kappa shape index (κ2) is 24.7. The Hall–Kier alpha value is -8.81. The van der Waals surface area contributed by atoms with Crippen LogP contribution in [0.1, 0.15) is 117 Å². The Bertz CT molecular complexity index is 3260. The van der Waals surface area contributed by atoms with Gasteiger partial charge in [0.1, 0.15) is 22.4 Å². The summed E-state index contributed by atoms with van der Waals surface area (Å²) in [5, 5.41) is 33.0. The molecule has 424 valence electrons. The molecule has 4 aromatic heterocycles. The van der Waals surface area contributed by atoms with Crippen LogP contribution in [0.25, 0.3) is 0 Å². The normalized spacial score (nSPS) is 11.4. The van der Waals surface area contributed by atoms with E-state index >= 15 is 0 Å². The van der Waals surface area contributed by atoms with Crippen molar-refractivity contribution in [3.8, 4) is 0 Å². The van der Waals surface area contributed by atoms with E-state index in [0.29, 0.717) is 33.9 Å². The molecule has 0 atom stereocenters. The van der Waals surface area contributed by atoms with E-state index in [4.69, 9.17) is 36.3 Å². The maximum absolute atomic E-state index is 13.5. The topological polar surface area (TPSA) is 323 Å². The van der Waals surface area contributed by atoms with Crippen molar-refractivity contribution in [2.75, 3.05) is 20.9 Å². The molecule has 0 spiro atoms. The van der Waals surface area contributed by atoms with Crippen LogP contribution in [0, 0.1) is 61.8 Å². The minimum absolute atomic E-state index is 0.0353. The summed E-state index contributed by atoms with van der Waals surface area (Å²) in [6, 6.07) is 11.9. The summed E-state index contributed by atoms with van der Waals surface area (Å²) in [4.78, 5) is 91.3. The molecule has 0 saturated heterocycles. The van der Waals surface area contributed by atoms with Gasteiger partial charge in [-0.1, -0.05) is 12.1 Å². The number of non-ortho nitro benzene ring substituents is 2. The van der Waals surface area contributed by atoms with Crippen LogP contribution in [-0.2, 0) is 18.9 Å². The van der Waals surface area contributed by atoms with Crippen LogP contribution in [0.5, 0.6) is 0 Å². The summed E-state index contributed by atoms with van der Waals surface area (Å²) < 4.78 is 24.1. The van der Waals surface area contributed by atoms with E-state index in [-0.39, 0.29) is 45.9 Å². The Morgan fingerprint density at radius 3 is 1.37 bits per heavy atom. The van der Waals surface area contributed by atoms with E-state index in [2.05, 4.69) is 35.5 Å². The summed E-state index contributed by atoms with van der Waals surface area (Å²) in [6.45, 7) is 31.2. The van der Waals surface area contributed by atoms with Crippen molar-refractivity contribution in [3.05, 3.63) is 120 Å². The highest BCUT2D eigenvalue weighted by Crippen LogP contribution is 2.33. The molecule has 2 amide bonds. The van der Waals surface area contributed by atoms with Gasteiger partial charge < -0.3 is 30.0 Å². The summed E-state index contributed by atoms with van der Waals surface area (Å²) in [5.74, 6) is 0.634. The molecule has 0 unspecified atom stereocenters. The third-order valence-corrected chi connectivity index (χ3v) is 10.1. The Labute approximate surface area is 461 Å². The maximum Gasteiger partial charge on any atom is 0.435 e. The molecule has 2 aromatic carbocycles. The number of halogens is 1. The summed E-state index contributed by atoms with van der Waals surface area (Å²) in [5.41, 5.74) is 6.76. The minimum atomic E-state index is -0.847. The quantitative estimate of drug-likeness (QED) is 0.0470. The molecule has 4 heterocycles. The summed E-state index contributed by atoms with van der Waals surface area (Å²) in [6.07, 6.45) is 0.104. The monoisotopic (exact) mass is 1110 g/mol. The molecule has 0 saturated carbocycles. The van der Waals surface area contributed by atoms with Gasteiger partial charge in [-0.25, -0.2) is 38.9 Å². The molecule has 0 aliphatic rings. The third-order valence-electron chi connectivity index (χ3n) is 9.93. The van der Waals surface area contributed by atoms with Gasteiger partial charge in [-0.2, -0.15) is 19.3 Å².